The number of anilines is 2. The van der Waals surface area contributed by atoms with Crippen LogP contribution >= 0.6 is 23.2 Å². The second-order valence-electron chi connectivity index (χ2n) is 3.47. The Morgan fingerprint density at radius 1 is 1.25 bits per heavy atom. The number of hydrogen-bond donors (Lipinski definition) is 1. The van der Waals surface area contributed by atoms with E-state index in [-0.39, 0.29) is 28.0 Å². The summed E-state index contributed by atoms with van der Waals surface area (Å²) in [4.78, 5) is 21.5. The highest BCUT2D eigenvalue weighted by Gasteiger charge is 2.15. The second-order valence-corrected chi connectivity index (χ2v) is 4.14. The molecule has 2 rings (SSSR count). The van der Waals surface area contributed by atoms with E-state index in [2.05, 4.69) is 20.3 Å². The van der Waals surface area contributed by atoms with Gasteiger partial charge in [-0.05, 0) is 29.3 Å². The molecule has 0 saturated carbocycles. The quantitative estimate of drug-likeness (QED) is 0.683. The van der Waals surface area contributed by atoms with Gasteiger partial charge in [0, 0.05) is 17.8 Å². The number of nitrogens with zero attached hydrogens (tertiary/aromatic N) is 4. The average molecular weight is 316 g/mol. The zero-order chi connectivity index (χ0) is 14.7. The van der Waals surface area contributed by atoms with E-state index in [0.29, 0.717) is 5.69 Å². The first-order chi connectivity index (χ1) is 9.49. The third-order valence-corrected chi connectivity index (χ3v) is 2.55. The number of rotatable bonds is 4. The number of nitrogens with one attached hydrogen (secondary N) is 1. The molecule has 2 aromatic rings. The Morgan fingerprint density at radius 3 is 2.45 bits per heavy atom. The smallest absolute Gasteiger partial charge is 0.311 e. The van der Waals surface area contributed by atoms with E-state index >= 15 is 0 Å². The Balaban J connectivity index is 2.32. The molecule has 0 aliphatic heterocycles. The van der Waals surface area contributed by atoms with Gasteiger partial charge >= 0.3 is 5.69 Å². The van der Waals surface area contributed by atoms with Crippen LogP contribution in [0.5, 0.6) is 5.75 Å². The monoisotopic (exact) mass is 315 g/mol. The first kappa shape index (κ1) is 14.2. The van der Waals surface area contributed by atoms with Gasteiger partial charge in [0.1, 0.15) is 0 Å². The molecule has 0 fully saturated rings. The van der Waals surface area contributed by atoms with Crippen LogP contribution in [0.2, 0.25) is 10.6 Å². The normalized spacial score (nSPS) is 10.2. The lowest BCUT2D eigenvalue weighted by molar-refractivity contribution is -0.385. The van der Waals surface area contributed by atoms with Gasteiger partial charge in [-0.2, -0.15) is 15.0 Å². The lowest BCUT2D eigenvalue weighted by Gasteiger charge is -2.07. The van der Waals surface area contributed by atoms with Crippen LogP contribution in [0.25, 0.3) is 0 Å². The van der Waals surface area contributed by atoms with Gasteiger partial charge in [-0.1, -0.05) is 0 Å². The third kappa shape index (κ3) is 3.22. The lowest BCUT2D eigenvalue weighted by atomic mass is 10.2. The lowest BCUT2D eigenvalue weighted by Crippen LogP contribution is -2.00. The van der Waals surface area contributed by atoms with Crippen molar-refractivity contribution in [3.05, 3.63) is 38.9 Å². The summed E-state index contributed by atoms with van der Waals surface area (Å²) in [6, 6.07) is 4.21. The predicted molar refractivity (Wildman–Crippen MR) is 72.8 cm³/mol. The predicted octanol–water partition coefficient (Wildman–Crippen LogP) is 2.84. The first-order valence-electron chi connectivity index (χ1n) is 5.16. The first-order valence-corrected chi connectivity index (χ1v) is 5.91. The Labute approximate surface area is 122 Å². The highest BCUT2D eigenvalue weighted by Crippen LogP contribution is 2.30. The summed E-state index contributed by atoms with van der Waals surface area (Å²) in [7, 11) is 1.34. The van der Waals surface area contributed by atoms with Gasteiger partial charge in [0.15, 0.2) is 5.75 Å². The number of ether oxygens (including phenoxy) is 1. The third-order valence-electron chi connectivity index (χ3n) is 2.21. The molecule has 0 aliphatic carbocycles. The van der Waals surface area contributed by atoms with Gasteiger partial charge in [0.05, 0.1) is 12.0 Å². The number of nitro benzene ring substituents is 1. The summed E-state index contributed by atoms with van der Waals surface area (Å²) in [5, 5.41) is 13.4. The molecule has 0 radical (unpaired) electrons. The Morgan fingerprint density at radius 2 is 1.90 bits per heavy atom. The topological polar surface area (TPSA) is 103 Å². The highest BCUT2D eigenvalue weighted by molar-refractivity contribution is 6.31. The van der Waals surface area contributed by atoms with Crippen molar-refractivity contribution in [1.29, 1.82) is 0 Å². The molecular formula is C10H7Cl2N5O3. The van der Waals surface area contributed by atoms with Crippen LogP contribution in [0, 0.1) is 10.1 Å². The zero-order valence-electron chi connectivity index (χ0n) is 10.0. The van der Waals surface area contributed by atoms with Crippen molar-refractivity contribution in [3.8, 4) is 5.75 Å². The Bertz CT molecular complexity index is 647. The molecule has 0 spiro atoms. The summed E-state index contributed by atoms with van der Waals surface area (Å²) in [5.41, 5.74) is 0.329. The van der Waals surface area contributed by atoms with Crippen molar-refractivity contribution in [1.82, 2.24) is 15.0 Å². The molecule has 0 atom stereocenters. The van der Waals surface area contributed by atoms with E-state index in [1.807, 2.05) is 0 Å². The molecule has 0 unspecified atom stereocenters. The van der Waals surface area contributed by atoms with Gasteiger partial charge in [-0.15, -0.1) is 0 Å². The van der Waals surface area contributed by atoms with E-state index in [9.17, 15) is 10.1 Å². The van der Waals surface area contributed by atoms with E-state index in [1.165, 1.54) is 25.3 Å². The van der Waals surface area contributed by atoms with Crippen LogP contribution in [0.1, 0.15) is 0 Å². The maximum Gasteiger partial charge on any atom is 0.311 e. The van der Waals surface area contributed by atoms with Crippen LogP contribution in [-0.4, -0.2) is 27.0 Å². The summed E-state index contributed by atoms with van der Waals surface area (Å²) < 4.78 is 4.95. The van der Waals surface area contributed by atoms with Crippen molar-refractivity contribution in [2.24, 2.45) is 0 Å². The molecule has 1 aromatic carbocycles. The van der Waals surface area contributed by atoms with Crippen LogP contribution in [0.15, 0.2) is 18.2 Å². The van der Waals surface area contributed by atoms with Crippen molar-refractivity contribution >= 4 is 40.5 Å². The maximum absolute atomic E-state index is 10.8. The SMILES string of the molecule is COc1cc(Nc2nc(Cl)nc(Cl)n2)ccc1[N+](=O)[O-]. The van der Waals surface area contributed by atoms with Gasteiger partial charge in [-0.25, -0.2) is 0 Å². The minimum absolute atomic E-state index is 0.0682. The Hall–Kier alpha value is -2.19. The highest BCUT2D eigenvalue weighted by atomic mass is 35.5. The summed E-state index contributed by atoms with van der Waals surface area (Å²) >= 11 is 11.3. The van der Waals surface area contributed by atoms with Gasteiger partial charge in [-0.3, -0.25) is 10.1 Å². The number of benzene rings is 1. The molecule has 0 bridgehead atoms. The maximum atomic E-state index is 10.8. The molecule has 0 aliphatic rings. The largest absolute Gasteiger partial charge is 0.490 e. The zero-order valence-corrected chi connectivity index (χ0v) is 11.5. The molecule has 20 heavy (non-hydrogen) atoms. The fourth-order valence-electron chi connectivity index (χ4n) is 1.42. The summed E-state index contributed by atoms with van der Waals surface area (Å²) in [5.74, 6) is 0.220. The van der Waals surface area contributed by atoms with Gasteiger partial charge in [0.2, 0.25) is 16.5 Å². The van der Waals surface area contributed by atoms with E-state index in [1.54, 1.807) is 0 Å². The van der Waals surface area contributed by atoms with Crippen LogP contribution in [0.3, 0.4) is 0 Å². The van der Waals surface area contributed by atoms with Crippen molar-refractivity contribution in [2.75, 3.05) is 12.4 Å². The van der Waals surface area contributed by atoms with Crippen LogP contribution < -0.4 is 10.1 Å². The van der Waals surface area contributed by atoms with Crippen molar-refractivity contribution in [2.45, 2.75) is 0 Å². The fourth-order valence-corrected chi connectivity index (χ4v) is 1.78. The molecule has 8 nitrogen and oxygen atoms in total. The van der Waals surface area contributed by atoms with E-state index in [0.717, 1.165) is 0 Å². The Kier molecular flexibility index (Phi) is 4.16. The number of halogens is 2. The van der Waals surface area contributed by atoms with Gasteiger partial charge in [0.25, 0.3) is 0 Å². The van der Waals surface area contributed by atoms with Gasteiger partial charge < -0.3 is 10.1 Å². The van der Waals surface area contributed by atoms with Crippen LogP contribution in [-0.2, 0) is 0 Å². The number of hydrogen-bond acceptors (Lipinski definition) is 7. The molecule has 0 amide bonds. The van der Waals surface area contributed by atoms with E-state index < -0.39 is 4.92 Å². The molecule has 104 valence electrons. The molecule has 0 saturated heterocycles. The fraction of sp³-hybridized carbons (Fsp3) is 0.100. The minimum atomic E-state index is -0.542. The molecule has 1 heterocycles. The number of methoxy groups -OCH3 is 1. The number of nitro groups is 1. The van der Waals surface area contributed by atoms with Crippen LogP contribution in [0.4, 0.5) is 17.3 Å². The van der Waals surface area contributed by atoms with Crippen molar-refractivity contribution < 1.29 is 9.66 Å². The molecule has 1 N–H and O–H groups in total. The van der Waals surface area contributed by atoms with E-state index in [4.69, 9.17) is 27.9 Å². The summed E-state index contributed by atoms with van der Waals surface area (Å²) in [6.07, 6.45) is 0. The minimum Gasteiger partial charge on any atom is -0.490 e. The summed E-state index contributed by atoms with van der Waals surface area (Å²) in [6.45, 7) is 0. The molecule has 1 aromatic heterocycles. The standard InChI is InChI=1S/C10H7Cl2N5O3/c1-20-7-4-5(2-3-6(7)17(18)19)13-10-15-8(11)14-9(12)16-10/h2-4H,1H3,(H,13,14,15,16). The molecule has 10 heteroatoms. The second kappa shape index (κ2) is 5.85. The average Bonchev–Trinajstić information content (AvgIpc) is 2.37. The number of aromatic nitrogens is 3. The van der Waals surface area contributed by atoms with Crippen molar-refractivity contribution in [3.63, 3.8) is 0 Å². The molecular weight excluding hydrogens is 309 g/mol.